The third kappa shape index (κ3) is 5.54. The van der Waals surface area contributed by atoms with E-state index in [9.17, 15) is 0 Å². The second-order valence-corrected chi connectivity index (χ2v) is 7.65. The summed E-state index contributed by atoms with van der Waals surface area (Å²) >= 11 is 3.53. The summed E-state index contributed by atoms with van der Waals surface area (Å²) in [6.45, 7) is 8.09. The molecule has 136 valence electrons. The Morgan fingerprint density at radius 1 is 1.28 bits per heavy atom. The quantitative estimate of drug-likeness (QED) is 0.574. The van der Waals surface area contributed by atoms with Crippen LogP contribution in [-0.4, -0.2) is 50.3 Å². The van der Waals surface area contributed by atoms with Crippen LogP contribution in [0.2, 0.25) is 0 Å². The van der Waals surface area contributed by atoms with Crippen molar-refractivity contribution in [3.05, 3.63) is 44.8 Å². The summed E-state index contributed by atoms with van der Waals surface area (Å²) in [6.07, 6.45) is 0. The van der Waals surface area contributed by atoms with E-state index >= 15 is 0 Å². The Morgan fingerprint density at radius 2 is 2.16 bits per heavy atom. The molecule has 0 spiro atoms. The van der Waals surface area contributed by atoms with E-state index < -0.39 is 0 Å². The fraction of sp³-hybridized carbons (Fsp3) is 0.500. The molecule has 1 aliphatic rings. The van der Waals surface area contributed by atoms with Crippen LogP contribution in [0.4, 0.5) is 0 Å². The van der Waals surface area contributed by atoms with Crippen molar-refractivity contribution in [2.45, 2.75) is 19.5 Å². The lowest BCUT2D eigenvalue weighted by Crippen LogP contribution is -2.46. The van der Waals surface area contributed by atoms with E-state index in [0.717, 1.165) is 45.4 Å². The lowest BCUT2D eigenvalue weighted by molar-refractivity contribution is 0.0177. The molecule has 0 aliphatic carbocycles. The number of aliphatic imine (C=N–C) groups is 1. The fourth-order valence-corrected chi connectivity index (χ4v) is 4.39. The van der Waals surface area contributed by atoms with Crippen molar-refractivity contribution in [3.63, 3.8) is 0 Å². The summed E-state index contributed by atoms with van der Waals surface area (Å²) < 4.78 is 5.52. The van der Waals surface area contributed by atoms with Gasteiger partial charge in [0, 0.05) is 31.1 Å². The van der Waals surface area contributed by atoms with Crippen LogP contribution < -0.4 is 10.6 Å². The highest BCUT2D eigenvalue weighted by Gasteiger charge is 2.23. The zero-order chi connectivity index (χ0) is 17.3. The first-order valence-electron chi connectivity index (χ1n) is 8.75. The van der Waals surface area contributed by atoms with E-state index in [2.05, 4.69) is 56.8 Å². The molecule has 2 aromatic heterocycles. The van der Waals surface area contributed by atoms with Gasteiger partial charge in [-0.3, -0.25) is 4.90 Å². The zero-order valence-electron chi connectivity index (χ0n) is 14.6. The summed E-state index contributed by atoms with van der Waals surface area (Å²) in [5, 5.41) is 13.3. The van der Waals surface area contributed by atoms with Crippen molar-refractivity contribution < 1.29 is 4.74 Å². The molecular weight excluding hydrogens is 352 g/mol. The van der Waals surface area contributed by atoms with Gasteiger partial charge in [0.1, 0.15) is 0 Å². The molecule has 3 rings (SSSR count). The molecule has 2 N–H and O–H groups in total. The maximum atomic E-state index is 5.52. The average Bonchev–Trinajstić information content (AvgIpc) is 3.35. The number of hydrogen-bond donors (Lipinski definition) is 2. The van der Waals surface area contributed by atoms with E-state index in [0.29, 0.717) is 12.6 Å². The molecule has 5 nitrogen and oxygen atoms in total. The van der Waals surface area contributed by atoms with Crippen LogP contribution in [-0.2, 0) is 11.3 Å². The molecule has 3 heterocycles. The van der Waals surface area contributed by atoms with Gasteiger partial charge in [0.2, 0.25) is 0 Å². The van der Waals surface area contributed by atoms with Crippen LogP contribution in [0.25, 0.3) is 0 Å². The Labute approximate surface area is 157 Å². The van der Waals surface area contributed by atoms with Gasteiger partial charge in [-0.2, -0.15) is 11.3 Å². The van der Waals surface area contributed by atoms with E-state index in [1.54, 1.807) is 11.3 Å². The Balaban J connectivity index is 1.64. The Bertz CT molecular complexity index is 622. The van der Waals surface area contributed by atoms with Crippen LogP contribution in [0.3, 0.4) is 0 Å². The fourth-order valence-electron chi connectivity index (χ4n) is 2.87. The third-order valence-corrected chi connectivity index (χ3v) is 5.87. The van der Waals surface area contributed by atoms with Gasteiger partial charge in [-0.25, -0.2) is 4.99 Å². The Kier molecular flexibility index (Phi) is 7.29. The number of thiophene rings is 2. The largest absolute Gasteiger partial charge is 0.379 e. The summed E-state index contributed by atoms with van der Waals surface area (Å²) in [5.74, 6) is 0.878. The summed E-state index contributed by atoms with van der Waals surface area (Å²) in [7, 11) is 0. The standard InChI is InChI=1S/C18H26N4OS2/c1-2-19-18(20-12-15-5-11-24-14-15)21-13-16(17-4-3-10-25-17)22-6-8-23-9-7-22/h3-5,10-11,14,16H,2,6-9,12-13H2,1H3,(H2,19,20,21). The van der Waals surface area contributed by atoms with Gasteiger partial charge >= 0.3 is 0 Å². The van der Waals surface area contributed by atoms with Crippen molar-refractivity contribution in [2.24, 2.45) is 4.99 Å². The predicted octanol–water partition coefficient (Wildman–Crippen LogP) is 2.94. The van der Waals surface area contributed by atoms with Crippen LogP contribution in [0.1, 0.15) is 23.4 Å². The number of hydrogen-bond acceptors (Lipinski definition) is 5. The minimum atomic E-state index is 0.355. The number of nitrogens with zero attached hydrogens (tertiary/aromatic N) is 2. The highest BCUT2D eigenvalue weighted by Crippen LogP contribution is 2.25. The monoisotopic (exact) mass is 378 g/mol. The molecule has 2 aromatic rings. The maximum Gasteiger partial charge on any atom is 0.191 e. The number of rotatable bonds is 7. The Morgan fingerprint density at radius 3 is 2.84 bits per heavy atom. The van der Waals surface area contributed by atoms with Gasteiger partial charge < -0.3 is 15.4 Å². The molecule has 1 fully saturated rings. The predicted molar refractivity (Wildman–Crippen MR) is 107 cm³/mol. The molecule has 0 bridgehead atoms. The number of morpholine rings is 1. The summed E-state index contributed by atoms with van der Waals surface area (Å²) in [5.41, 5.74) is 1.25. The van der Waals surface area contributed by atoms with Crippen LogP contribution in [0, 0.1) is 0 Å². The maximum absolute atomic E-state index is 5.52. The van der Waals surface area contributed by atoms with E-state index in [1.165, 1.54) is 10.4 Å². The molecule has 7 heteroatoms. The van der Waals surface area contributed by atoms with Crippen molar-refractivity contribution in [1.29, 1.82) is 0 Å². The van der Waals surface area contributed by atoms with E-state index in [-0.39, 0.29) is 0 Å². The van der Waals surface area contributed by atoms with Gasteiger partial charge in [0.15, 0.2) is 5.96 Å². The lowest BCUT2D eigenvalue weighted by Gasteiger charge is -2.34. The van der Waals surface area contributed by atoms with Crippen molar-refractivity contribution in [2.75, 3.05) is 39.4 Å². The van der Waals surface area contributed by atoms with Gasteiger partial charge in [-0.05, 0) is 40.8 Å². The molecule has 0 saturated carbocycles. The van der Waals surface area contributed by atoms with E-state index in [1.807, 2.05) is 11.3 Å². The minimum absolute atomic E-state index is 0.355. The second kappa shape index (κ2) is 9.91. The smallest absolute Gasteiger partial charge is 0.191 e. The number of nitrogens with one attached hydrogen (secondary N) is 2. The highest BCUT2D eigenvalue weighted by atomic mass is 32.1. The third-order valence-electron chi connectivity index (χ3n) is 4.16. The van der Waals surface area contributed by atoms with Gasteiger partial charge in [0.25, 0.3) is 0 Å². The molecular formula is C18H26N4OS2. The van der Waals surface area contributed by atoms with E-state index in [4.69, 9.17) is 9.73 Å². The van der Waals surface area contributed by atoms with Gasteiger partial charge in [-0.1, -0.05) is 6.07 Å². The first-order chi connectivity index (χ1) is 12.4. The average molecular weight is 379 g/mol. The molecule has 1 unspecified atom stereocenters. The first-order valence-corrected chi connectivity index (χ1v) is 10.6. The van der Waals surface area contributed by atoms with Crippen LogP contribution in [0.5, 0.6) is 0 Å². The highest BCUT2D eigenvalue weighted by molar-refractivity contribution is 7.10. The second-order valence-electron chi connectivity index (χ2n) is 5.89. The molecule has 1 aliphatic heterocycles. The van der Waals surface area contributed by atoms with Crippen molar-refractivity contribution >= 4 is 28.6 Å². The molecule has 0 radical (unpaired) electrons. The molecule has 1 saturated heterocycles. The topological polar surface area (TPSA) is 48.9 Å². The number of guanidine groups is 1. The van der Waals surface area contributed by atoms with Crippen LogP contribution in [0.15, 0.2) is 39.3 Å². The summed E-state index contributed by atoms with van der Waals surface area (Å²) in [6, 6.07) is 6.83. The molecule has 1 atom stereocenters. The lowest BCUT2D eigenvalue weighted by atomic mass is 10.2. The molecule has 0 amide bonds. The zero-order valence-corrected chi connectivity index (χ0v) is 16.2. The van der Waals surface area contributed by atoms with Crippen molar-refractivity contribution in [1.82, 2.24) is 15.5 Å². The van der Waals surface area contributed by atoms with Gasteiger partial charge in [0.05, 0.1) is 25.8 Å². The SMILES string of the molecule is CCNC(=NCc1ccsc1)NCC(c1cccs1)N1CCOCC1. The van der Waals surface area contributed by atoms with Gasteiger partial charge in [-0.15, -0.1) is 11.3 Å². The molecule has 0 aromatic carbocycles. The number of ether oxygens (including phenoxy) is 1. The first kappa shape index (κ1) is 18.4. The normalized spacial score (nSPS) is 17.4. The molecule has 25 heavy (non-hydrogen) atoms. The van der Waals surface area contributed by atoms with Crippen molar-refractivity contribution in [3.8, 4) is 0 Å². The van der Waals surface area contributed by atoms with Crippen LogP contribution >= 0.6 is 22.7 Å². The summed E-state index contributed by atoms with van der Waals surface area (Å²) in [4.78, 5) is 8.61. The Hall–Kier alpha value is -1.41. The minimum Gasteiger partial charge on any atom is -0.379 e.